The summed E-state index contributed by atoms with van der Waals surface area (Å²) in [6, 6.07) is 8.45. The fraction of sp³-hybridized carbons (Fsp3) is 0. The van der Waals surface area contributed by atoms with Gasteiger partial charge in [0.1, 0.15) is 0 Å². The molecule has 20 heavy (non-hydrogen) atoms. The van der Waals surface area contributed by atoms with Crippen molar-refractivity contribution in [1.29, 1.82) is 0 Å². The molecule has 0 saturated carbocycles. The number of benzene rings is 1. The molecule has 0 bridgehead atoms. The van der Waals surface area contributed by atoms with E-state index in [9.17, 15) is 4.79 Å². The monoisotopic (exact) mass is 267 g/mol. The SMILES string of the molecule is O=C(O)c1ccc(-c2cncc(-c3nn[nH]n3)c2)cc1. The van der Waals surface area contributed by atoms with Gasteiger partial charge in [-0.05, 0) is 29.0 Å². The fourth-order valence-corrected chi connectivity index (χ4v) is 1.81. The molecule has 7 heteroatoms. The van der Waals surface area contributed by atoms with E-state index in [1.54, 1.807) is 36.7 Å². The molecular formula is C13H9N5O2. The minimum absolute atomic E-state index is 0.246. The van der Waals surface area contributed by atoms with Gasteiger partial charge in [0, 0.05) is 23.5 Å². The highest BCUT2D eigenvalue weighted by Crippen LogP contribution is 2.23. The van der Waals surface area contributed by atoms with Crippen LogP contribution in [0, 0.1) is 0 Å². The summed E-state index contributed by atoms with van der Waals surface area (Å²) in [6.07, 6.45) is 3.33. The van der Waals surface area contributed by atoms with E-state index in [4.69, 9.17) is 5.11 Å². The lowest BCUT2D eigenvalue weighted by Crippen LogP contribution is -1.95. The van der Waals surface area contributed by atoms with Crippen molar-refractivity contribution in [3.8, 4) is 22.5 Å². The highest BCUT2D eigenvalue weighted by molar-refractivity contribution is 5.88. The maximum atomic E-state index is 10.8. The van der Waals surface area contributed by atoms with Gasteiger partial charge >= 0.3 is 5.97 Å². The number of pyridine rings is 1. The highest BCUT2D eigenvalue weighted by Gasteiger charge is 2.07. The average Bonchev–Trinajstić information content (AvgIpc) is 3.02. The summed E-state index contributed by atoms with van der Waals surface area (Å²) >= 11 is 0. The molecular weight excluding hydrogens is 258 g/mol. The van der Waals surface area contributed by atoms with E-state index in [1.165, 1.54) is 0 Å². The van der Waals surface area contributed by atoms with Crippen LogP contribution in [0.3, 0.4) is 0 Å². The molecule has 0 spiro atoms. The van der Waals surface area contributed by atoms with E-state index in [0.717, 1.165) is 16.7 Å². The first-order chi connectivity index (χ1) is 9.74. The zero-order valence-corrected chi connectivity index (χ0v) is 10.2. The Morgan fingerprint density at radius 2 is 1.80 bits per heavy atom. The fourth-order valence-electron chi connectivity index (χ4n) is 1.81. The second kappa shape index (κ2) is 4.88. The van der Waals surface area contributed by atoms with Crippen molar-refractivity contribution in [1.82, 2.24) is 25.6 Å². The summed E-state index contributed by atoms with van der Waals surface area (Å²) in [7, 11) is 0. The first-order valence-corrected chi connectivity index (χ1v) is 5.76. The lowest BCUT2D eigenvalue weighted by molar-refractivity contribution is 0.0697. The van der Waals surface area contributed by atoms with Crippen molar-refractivity contribution in [2.45, 2.75) is 0 Å². The molecule has 7 nitrogen and oxygen atoms in total. The van der Waals surface area contributed by atoms with E-state index < -0.39 is 5.97 Å². The number of H-pyrrole nitrogens is 1. The summed E-state index contributed by atoms with van der Waals surface area (Å²) in [5.41, 5.74) is 2.70. The summed E-state index contributed by atoms with van der Waals surface area (Å²) in [5.74, 6) is -0.489. The van der Waals surface area contributed by atoms with Crippen LogP contribution < -0.4 is 0 Å². The van der Waals surface area contributed by atoms with Crippen LogP contribution in [0.5, 0.6) is 0 Å². The van der Waals surface area contributed by atoms with Gasteiger partial charge in [0.15, 0.2) is 0 Å². The summed E-state index contributed by atoms with van der Waals surface area (Å²) in [5, 5.41) is 22.5. The van der Waals surface area contributed by atoms with Crippen LogP contribution in [-0.2, 0) is 0 Å². The Hall–Kier alpha value is -3.09. The highest BCUT2D eigenvalue weighted by atomic mass is 16.4. The number of rotatable bonds is 3. The van der Waals surface area contributed by atoms with E-state index in [0.29, 0.717) is 5.82 Å². The Bertz CT molecular complexity index is 738. The van der Waals surface area contributed by atoms with Gasteiger partial charge < -0.3 is 5.11 Å². The minimum atomic E-state index is -0.949. The standard InChI is InChI=1S/C13H9N5O2/c19-13(20)9-3-1-8(2-4-9)10-5-11(7-14-6-10)12-15-17-18-16-12/h1-7H,(H,19,20)(H,15,16,17,18). The van der Waals surface area contributed by atoms with E-state index in [-0.39, 0.29) is 5.56 Å². The normalized spacial score (nSPS) is 10.4. The molecule has 0 radical (unpaired) electrons. The number of aromatic nitrogens is 5. The number of carbonyl (C=O) groups is 1. The van der Waals surface area contributed by atoms with Crippen molar-refractivity contribution in [2.24, 2.45) is 0 Å². The number of nitrogens with one attached hydrogen (secondary N) is 1. The average molecular weight is 267 g/mol. The Morgan fingerprint density at radius 1 is 1.05 bits per heavy atom. The number of aromatic carboxylic acids is 1. The van der Waals surface area contributed by atoms with Gasteiger partial charge in [0.2, 0.25) is 5.82 Å². The molecule has 0 saturated heterocycles. The molecule has 2 N–H and O–H groups in total. The number of carboxylic acids is 1. The lowest BCUT2D eigenvalue weighted by atomic mass is 10.0. The first kappa shape index (κ1) is 12.0. The van der Waals surface area contributed by atoms with Crippen LogP contribution in [0.25, 0.3) is 22.5 Å². The lowest BCUT2D eigenvalue weighted by Gasteiger charge is -2.03. The van der Waals surface area contributed by atoms with Crippen molar-refractivity contribution in [3.63, 3.8) is 0 Å². The summed E-state index contributed by atoms with van der Waals surface area (Å²) < 4.78 is 0. The Balaban J connectivity index is 1.98. The van der Waals surface area contributed by atoms with E-state index in [2.05, 4.69) is 25.6 Å². The molecule has 0 atom stereocenters. The van der Waals surface area contributed by atoms with Crippen LogP contribution in [0.15, 0.2) is 42.7 Å². The molecule has 0 unspecified atom stereocenters. The van der Waals surface area contributed by atoms with Gasteiger partial charge in [-0.2, -0.15) is 5.21 Å². The van der Waals surface area contributed by atoms with Crippen LogP contribution >= 0.6 is 0 Å². The largest absolute Gasteiger partial charge is 0.478 e. The van der Waals surface area contributed by atoms with Crippen LogP contribution in [0.1, 0.15) is 10.4 Å². The van der Waals surface area contributed by atoms with Gasteiger partial charge in [0.05, 0.1) is 5.56 Å². The number of aromatic amines is 1. The van der Waals surface area contributed by atoms with Gasteiger partial charge in [0.25, 0.3) is 0 Å². The van der Waals surface area contributed by atoms with Crippen LogP contribution in [0.4, 0.5) is 0 Å². The zero-order chi connectivity index (χ0) is 13.9. The predicted octanol–water partition coefficient (Wildman–Crippen LogP) is 1.63. The third-order valence-corrected chi connectivity index (χ3v) is 2.81. The van der Waals surface area contributed by atoms with Crippen molar-refractivity contribution >= 4 is 5.97 Å². The zero-order valence-electron chi connectivity index (χ0n) is 10.2. The number of tetrazole rings is 1. The predicted molar refractivity (Wildman–Crippen MR) is 69.8 cm³/mol. The molecule has 1 aromatic carbocycles. The third-order valence-electron chi connectivity index (χ3n) is 2.81. The van der Waals surface area contributed by atoms with E-state index >= 15 is 0 Å². The van der Waals surface area contributed by atoms with Crippen LogP contribution in [-0.4, -0.2) is 36.7 Å². The number of nitrogens with zero attached hydrogens (tertiary/aromatic N) is 4. The van der Waals surface area contributed by atoms with Gasteiger partial charge in [-0.1, -0.05) is 12.1 Å². The molecule has 0 aliphatic heterocycles. The van der Waals surface area contributed by atoms with Gasteiger partial charge in [-0.15, -0.1) is 10.2 Å². The van der Waals surface area contributed by atoms with E-state index in [1.807, 2.05) is 6.07 Å². The van der Waals surface area contributed by atoms with Crippen LogP contribution in [0.2, 0.25) is 0 Å². The maximum Gasteiger partial charge on any atom is 0.335 e. The molecule has 2 heterocycles. The molecule has 0 aliphatic carbocycles. The number of carboxylic acid groups (broad SMARTS) is 1. The molecule has 0 fully saturated rings. The third kappa shape index (κ3) is 2.24. The first-order valence-electron chi connectivity index (χ1n) is 5.76. The van der Waals surface area contributed by atoms with Crippen molar-refractivity contribution < 1.29 is 9.90 Å². The molecule has 0 aliphatic rings. The quantitative estimate of drug-likeness (QED) is 0.747. The Labute approximate surface area is 113 Å². The molecule has 98 valence electrons. The summed E-state index contributed by atoms with van der Waals surface area (Å²) in [4.78, 5) is 15.0. The van der Waals surface area contributed by atoms with Crippen molar-refractivity contribution in [3.05, 3.63) is 48.3 Å². The second-order valence-corrected chi connectivity index (χ2v) is 4.08. The van der Waals surface area contributed by atoms with Gasteiger partial charge in [-0.3, -0.25) is 4.98 Å². The second-order valence-electron chi connectivity index (χ2n) is 4.08. The molecule has 3 rings (SSSR count). The topological polar surface area (TPSA) is 105 Å². The Kier molecular flexibility index (Phi) is 2.92. The number of hydrogen-bond acceptors (Lipinski definition) is 5. The molecule has 0 amide bonds. The Morgan fingerprint density at radius 3 is 2.45 bits per heavy atom. The van der Waals surface area contributed by atoms with Crippen molar-refractivity contribution in [2.75, 3.05) is 0 Å². The van der Waals surface area contributed by atoms with Gasteiger partial charge in [-0.25, -0.2) is 4.79 Å². The minimum Gasteiger partial charge on any atom is -0.478 e. The molecule has 2 aromatic heterocycles. The summed E-state index contributed by atoms with van der Waals surface area (Å²) in [6.45, 7) is 0. The molecule has 3 aromatic rings. The smallest absolute Gasteiger partial charge is 0.335 e. The number of hydrogen-bond donors (Lipinski definition) is 2. The maximum absolute atomic E-state index is 10.8.